The molecule has 2 saturated heterocycles. The molecule has 0 amide bonds. The summed E-state index contributed by atoms with van der Waals surface area (Å²) >= 11 is 0. The molecule has 7 heteroatoms. The Balaban J connectivity index is 1.48. The Bertz CT molecular complexity index is 1120. The van der Waals surface area contributed by atoms with E-state index in [0.29, 0.717) is 6.04 Å². The summed E-state index contributed by atoms with van der Waals surface area (Å²) < 4.78 is 8.06. The van der Waals surface area contributed by atoms with E-state index < -0.39 is 0 Å². The van der Waals surface area contributed by atoms with Gasteiger partial charge in [-0.2, -0.15) is 0 Å². The number of piperazine rings is 1. The summed E-state index contributed by atoms with van der Waals surface area (Å²) in [5.74, 6) is 2.84. The van der Waals surface area contributed by atoms with Gasteiger partial charge in [-0.25, -0.2) is 15.0 Å². The quantitative estimate of drug-likeness (QED) is 0.626. The van der Waals surface area contributed by atoms with Crippen LogP contribution in [0.3, 0.4) is 0 Å². The number of aromatic nitrogens is 4. The molecule has 3 aromatic rings. The SMILES string of the molecule is Cc1nc(N2CCN(C3CC3)CC2)c2nc(-c3ccccc3C)n(C3CCOCC3)c2n1. The molecule has 0 spiro atoms. The Kier molecular flexibility index (Phi) is 5.11. The van der Waals surface area contributed by atoms with Crippen LogP contribution < -0.4 is 4.90 Å². The molecular weight excluding hydrogens is 400 g/mol. The zero-order valence-electron chi connectivity index (χ0n) is 19.1. The average Bonchev–Trinajstić information content (AvgIpc) is 3.60. The van der Waals surface area contributed by atoms with Crippen molar-refractivity contribution in [1.29, 1.82) is 0 Å². The van der Waals surface area contributed by atoms with Crippen molar-refractivity contribution in [1.82, 2.24) is 24.4 Å². The van der Waals surface area contributed by atoms with E-state index in [0.717, 1.165) is 86.9 Å². The van der Waals surface area contributed by atoms with Gasteiger partial charge in [0.1, 0.15) is 11.6 Å². The van der Waals surface area contributed by atoms with Crippen molar-refractivity contribution in [3.05, 3.63) is 35.7 Å². The van der Waals surface area contributed by atoms with Crippen LogP contribution in [0, 0.1) is 13.8 Å². The van der Waals surface area contributed by atoms with Gasteiger partial charge in [-0.3, -0.25) is 4.90 Å². The minimum atomic E-state index is 0.345. The minimum Gasteiger partial charge on any atom is -0.381 e. The van der Waals surface area contributed by atoms with E-state index in [-0.39, 0.29) is 0 Å². The highest BCUT2D eigenvalue weighted by atomic mass is 16.5. The molecule has 0 bridgehead atoms. The fourth-order valence-corrected chi connectivity index (χ4v) is 5.33. The minimum absolute atomic E-state index is 0.345. The second kappa shape index (κ2) is 8.12. The normalized spacial score (nSPS) is 20.9. The lowest BCUT2D eigenvalue weighted by molar-refractivity contribution is 0.0708. The number of imidazole rings is 1. The third-order valence-corrected chi connectivity index (χ3v) is 7.25. The summed E-state index contributed by atoms with van der Waals surface area (Å²) in [6.45, 7) is 9.99. The number of ether oxygens (including phenoxy) is 1. The summed E-state index contributed by atoms with van der Waals surface area (Å²) in [5.41, 5.74) is 4.34. The second-order valence-electron chi connectivity index (χ2n) is 9.48. The molecule has 168 valence electrons. The Hall–Kier alpha value is -2.51. The first-order valence-electron chi connectivity index (χ1n) is 12.1. The van der Waals surface area contributed by atoms with Crippen molar-refractivity contribution in [2.75, 3.05) is 44.3 Å². The van der Waals surface area contributed by atoms with Crippen molar-refractivity contribution >= 4 is 17.0 Å². The molecule has 1 aromatic carbocycles. The lowest BCUT2D eigenvalue weighted by Gasteiger charge is -2.35. The molecule has 1 aliphatic carbocycles. The zero-order chi connectivity index (χ0) is 21.7. The van der Waals surface area contributed by atoms with E-state index in [1.54, 1.807) is 0 Å². The molecule has 3 aliphatic rings. The van der Waals surface area contributed by atoms with E-state index in [4.69, 9.17) is 19.7 Å². The maximum atomic E-state index is 5.68. The van der Waals surface area contributed by atoms with Gasteiger partial charge < -0.3 is 14.2 Å². The summed E-state index contributed by atoms with van der Waals surface area (Å²) in [6.07, 6.45) is 4.71. The lowest BCUT2D eigenvalue weighted by atomic mass is 10.1. The molecule has 0 atom stereocenters. The summed E-state index contributed by atoms with van der Waals surface area (Å²) in [7, 11) is 0. The van der Waals surface area contributed by atoms with Crippen molar-refractivity contribution in [2.24, 2.45) is 0 Å². The third-order valence-electron chi connectivity index (χ3n) is 7.25. The van der Waals surface area contributed by atoms with Gasteiger partial charge in [-0.1, -0.05) is 24.3 Å². The van der Waals surface area contributed by atoms with Crippen LogP contribution in [0.15, 0.2) is 24.3 Å². The number of benzene rings is 1. The smallest absolute Gasteiger partial charge is 0.166 e. The van der Waals surface area contributed by atoms with Crippen molar-refractivity contribution in [3.63, 3.8) is 0 Å². The molecule has 0 radical (unpaired) electrons. The number of hydrogen-bond donors (Lipinski definition) is 0. The average molecular weight is 433 g/mol. The van der Waals surface area contributed by atoms with Crippen LogP contribution in [-0.4, -0.2) is 69.9 Å². The van der Waals surface area contributed by atoms with Gasteiger partial charge in [-0.15, -0.1) is 0 Å². The number of nitrogens with zero attached hydrogens (tertiary/aromatic N) is 6. The van der Waals surface area contributed by atoms with Crippen LogP contribution in [0.1, 0.15) is 43.1 Å². The third kappa shape index (κ3) is 3.57. The molecule has 32 heavy (non-hydrogen) atoms. The van der Waals surface area contributed by atoms with Crippen LogP contribution in [0.5, 0.6) is 0 Å². The maximum Gasteiger partial charge on any atom is 0.166 e. The molecular formula is C25H32N6O. The summed E-state index contributed by atoms with van der Waals surface area (Å²) in [5, 5.41) is 0. The van der Waals surface area contributed by atoms with E-state index in [9.17, 15) is 0 Å². The maximum absolute atomic E-state index is 5.68. The largest absolute Gasteiger partial charge is 0.381 e. The van der Waals surface area contributed by atoms with Crippen LogP contribution in [0.25, 0.3) is 22.6 Å². The molecule has 2 aliphatic heterocycles. The van der Waals surface area contributed by atoms with Crippen molar-refractivity contribution in [2.45, 2.75) is 51.6 Å². The standard InChI is InChI=1S/C25H32N6O/c1-17-5-3-4-6-21(17)23-28-22-24(30-13-11-29(12-14-30)19-7-8-19)26-18(2)27-25(22)31(23)20-9-15-32-16-10-20/h3-6,19-20H,7-16H2,1-2H3. The van der Waals surface area contributed by atoms with Crippen molar-refractivity contribution < 1.29 is 4.74 Å². The Labute approximate surface area is 189 Å². The number of rotatable bonds is 4. The number of fused-ring (bicyclic) bond motifs is 1. The van der Waals surface area contributed by atoms with E-state index in [1.165, 1.54) is 24.0 Å². The molecule has 6 rings (SSSR count). The second-order valence-corrected chi connectivity index (χ2v) is 9.48. The van der Waals surface area contributed by atoms with Gasteiger partial charge in [0, 0.05) is 57.0 Å². The molecule has 0 unspecified atom stereocenters. The van der Waals surface area contributed by atoms with Crippen LogP contribution >= 0.6 is 0 Å². The van der Waals surface area contributed by atoms with Crippen LogP contribution in [0.2, 0.25) is 0 Å². The topological polar surface area (TPSA) is 59.3 Å². The van der Waals surface area contributed by atoms with Gasteiger partial charge in [-0.05, 0) is 45.1 Å². The number of anilines is 1. The van der Waals surface area contributed by atoms with Gasteiger partial charge >= 0.3 is 0 Å². The van der Waals surface area contributed by atoms with Gasteiger partial charge in [0.15, 0.2) is 17.0 Å². The van der Waals surface area contributed by atoms with Gasteiger partial charge in [0.25, 0.3) is 0 Å². The molecule has 0 N–H and O–H groups in total. The Morgan fingerprint density at radius 2 is 1.59 bits per heavy atom. The first-order valence-corrected chi connectivity index (χ1v) is 12.1. The molecule has 7 nitrogen and oxygen atoms in total. The fraction of sp³-hybridized carbons (Fsp3) is 0.560. The van der Waals surface area contributed by atoms with Crippen LogP contribution in [-0.2, 0) is 4.74 Å². The Morgan fingerprint density at radius 3 is 2.31 bits per heavy atom. The van der Waals surface area contributed by atoms with Crippen molar-refractivity contribution in [3.8, 4) is 11.4 Å². The fourth-order valence-electron chi connectivity index (χ4n) is 5.33. The number of aryl methyl sites for hydroxylation is 2. The van der Waals surface area contributed by atoms with E-state index >= 15 is 0 Å². The molecule has 1 saturated carbocycles. The van der Waals surface area contributed by atoms with E-state index in [1.807, 2.05) is 6.92 Å². The monoisotopic (exact) mass is 432 g/mol. The first kappa shape index (κ1) is 20.1. The van der Waals surface area contributed by atoms with Gasteiger partial charge in [0.2, 0.25) is 0 Å². The predicted molar refractivity (Wildman–Crippen MR) is 126 cm³/mol. The van der Waals surface area contributed by atoms with Crippen LogP contribution in [0.4, 0.5) is 5.82 Å². The predicted octanol–water partition coefficient (Wildman–Crippen LogP) is 3.75. The zero-order valence-corrected chi connectivity index (χ0v) is 19.1. The van der Waals surface area contributed by atoms with Gasteiger partial charge in [0.05, 0.1) is 0 Å². The number of hydrogen-bond acceptors (Lipinski definition) is 6. The molecule has 4 heterocycles. The lowest BCUT2D eigenvalue weighted by Crippen LogP contribution is -2.47. The highest BCUT2D eigenvalue weighted by Gasteiger charge is 2.33. The highest BCUT2D eigenvalue weighted by molar-refractivity contribution is 5.87. The molecule has 2 aromatic heterocycles. The Morgan fingerprint density at radius 1 is 0.844 bits per heavy atom. The summed E-state index contributed by atoms with van der Waals surface area (Å²) in [6, 6.07) is 9.71. The van der Waals surface area contributed by atoms with E-state index in [2.05, 4.69) is 45.6 Å². The first-order chi connectivity index (χ1) is 15.7. The highest BCUT2D eigenvalue weighted by Crippen LogP contribution is 2.36. The summed E-state index contributed by atoms with van der Waals surface area (Å²) in [4.78, 5) is 20.2. The molecule has 3 fully saturated rings.